The van der Waals surface area contributed by atoms with E-state index in [1.54, 1.807) is 20.8 Å². The largest absolute Gasteiger partial charge is 0.295 e. The summed E-state index contributed by atoms with van der Waals surface area (Å²) in [6, 6.07) is 1.54. The lowest BCUT2D eigenvalue weighted by atomic mass is 9.90. The van der Waals surface area contributed by atoms with Crippen molar-refractivity contribution in [3.05, 3.63) is 32.9 Å². The van der Waals surface area contributed by atoms with Gasteiger partial charge in [0.2, 0.25) is 0 Å². The van der Waals surface area contributed by atoms with E-state index >= 15 is 0 Å². The quantitative estimate of drug-likeness (QED) is 0.508. The molecule has 1 aromatic carbocycles. The zero-order valence-corrected chi connectivity index (χ0v) is 13.7. The van der Waals surface area contributed by atoms with E-state index in [1.807, 2.05) is 13.8 Å². The Morgan fingerprint density at radius 2 is 1.67 bits per heavy atom. The molecule has 0 radical (unpaired) electrons. The van der Waals surface area contributed by atoms with Gasteiger partial charge in [-0.2, -0.15) is 8.42 Å². The summed E-state index contributed by atoms with van der Waals surface area (Å²) in [6.07, 6.45) is 0.158. The van der Waals surface area contributed by atoms with Gasteiger partial charge >= 0.3 is 0 Å². The number of hydrogen-bond acceptors (Lipinski definition) is 4. The molecule has 0 unspecified atom stereocenters. The highest BCUT2D eigenvalue weighted by atomic mass is 32.2. The van der Waals surface area contributed by atoms with Crippen LogP contribution in [0.2, 0.25) is 0 Å². The van der Waals surface area contributed by atoms with Crippen molar-refractivity contribution in [2.45, 2.75) is 57.8 Å². The highest BCUT2D eigenvalue weighted by molar-refractivity contribution is 7.86. The van der Waals surface area contributed by atoms with Crippen molar-refractivity contribution in [2.75, 3.05) is 0 Å². The Morgan fingerprint density at radius 1 is 1.19 bits per heavy atom. The maximum Gasteiger partial charge on any atom is 0.295 e. The topological polar surface area (TPSA) is 97.5 Å². The van der Waals surface area contributed by atoms with Gasteiger partial charge in [0.25, 0.3) is 15.8 Å². The Labute approximate surface area is 125 Å². The molecule has 0 aromatic heterocycles. The van der Waals surface area contributed by atoms with E-state index in [2.05, 4.69) is 0 Å². The average Bonchev–Trinajstić information content (AvgIpc) is 2.34. The standard InChI is InChI=1S/C14H21NO5S/c1-6-10-13(15(16)17)11(8(2)3)7-12(9(4)5)14(10)21(18,19)20/h7-9H,6H2,1-5H3,(H,18,19,20). The molecule has 0 atom stereocenters. The van der Waals surface area contributed by atoms with Gasteiger partial charge in [-0.25, -0.2) is 0 Å². The molecular weight excluding hydrogens is 294 g/mol. The third kappa shape index (κ3) is 3.41. The Hall–Kier alpha value is -1.47. The smallest absolute Gasteiger partial charge is 0.282 e. The fourth-order valence-electron chi connectivity index (χ4n) is 2.47. The summed E-state index contributed by atoms with van der Waals surface area (Å²) in [6.45, 7) is 8.86. The van der Waals surface area contributed by atoms with Crippen LogP contribution in [-0.4, -0.2) is 17.9 Å². The molecule has 1 N–H and O–H groups in total. The van der Waals surface area contributed by atoms with Gasteiger partial charge in [-0.3, -0.25) is 14.7 Å². The molecule has 0 aliphatic heterocycles. The van der Waals surface area contributed by atoms with Crippen LogP contribution in [0, 0.1) is 10.1 Å². The Bertz CT molecular complexity index is 662. The Morgan fingerprint density at radius 3 is 1.95 bits per heavy atom. The van der Waals surface area contributed by atoms with Crippen LogP contribution in [0.25, 0.3) is 0 Å². The summed E-state index contributed by atoms with van der Waals surface area (Å²) in [4.78, 5) is 10.5. The van der Waals surface area contributed by atoms with Gasteiger partial charge in [0.1, 0.15) is 4.90 Å². The van der Waals surface area contributed by atoms with Crippen LogP contribution in [-0.2, 0) is 16.5 Å². The summed E-state index contributed by atoms with van der Waals surface area (Å²) >= 11 is 0. The second kappa shape index (κ2) is 6.11. The van der Waals surface area contributed by atoms with Gasteiger partial charge in [0.05, 0.1) is 10.5 Å². The van der Waals surface area contributed by atoms with E-state index in [4.69, 9.17) is 0 Å². The highest BCUT2D eigenvalue weighted by Crippen LogP contribution is 2.39. The first-order valence-corrected chi connectivity index (χ1v) is 8.27. The van der Waals surface area contributed by atoms with Crippen LogP contribution in [0.15, 0.2) is 11.0 Å². The minimum atomic E-state index is -4.52. The van der Waals surface area contributed by atoms with Gasteiger partial charge in [-0.05, 0) is 29.9 Å². The first-order chi connectivity index (χ1) is 9.52. The molecule has 0 heterocycles. The molecule has 0 fully saturated rings. The molecule has 0 aliphatic rings. The maximum absolute atomic E-state index is 11.7. The van der Waals surface area contributed by atoms with Crippen molar-refractivity contribution in [1.29, 1.82) is 0 Å². The third-order valence-corrected chi connectivity index (χ3v) is 4.44. The van der Waals surface area contributed by atoms with Gasteiger partial charge < -0.3 is 0 Å². The molecule has 0 saturated heterocycles. The van der Waals surface area contributed by atoms with E-state index in [0.29, 0.717) is 11.1 Å². The number of nitro groups is 1. The van der Waals surface area contributed by atoms with Crippen LogP contribution in [0.1, 0.15) is 63.1 Å². The molecule has 0 aliphatic carbocycles. The minimum Gasteiger partial charge on any atom is -0.282 e. The van der Waals surface area contributed by atoms with Crippen LogP contribution >= 0.6 is 0 Å². The molecule has 1 rings (SSSR count). The summed E-state index contributed by atoms with van der Waals surface area (Å²) < 4.78 is 33.0. The summed E-state index contributed by atoms with van der Waals surface area (Å²) in [5, 5.41) is 11.4. The SMILES string of the molecule is CCc1c([N+](=O)[O-])c(C(C)C)cc(C(C)C)c1S(=O)(=O)O. The summed E-state index contributed by atoms with van der Waals surface area (Å²) in [5.74, 6) is -0.297. The second-order valence-electron chi connectivity index (χ2n) is 5.61. The molecule has 0 bridgehead atoms. The van der Waals surface area contributed by atoms with Gasteiger partial charge in [0.15, 0.2) is 0 Å². The predicted molar refractivity (Wildman–Crippen MR) is 80.5 cm³/mol. The van der Waals surface area contributed by atoms with Gasteiger partial charge in [0, 0.05) is 5.56 Å². The molecular formula is C14H21NO5S. The van der Waals surface area contributed by atoms with Crippen molar-refractivity contribution in [3.8, 4) is 0 Å². The molecule has 0 saturated carbocycles. The first-order valence-electron chi connectivity index (χ1n) is 6.83. The van der Waals surface area contributed by atoms with Crippen molar-refractivity contribution >= 4 is 15.8 Å². The molecule has 0 spiro atoms. The summed E-state index contributed by atoms with van der Waals surface area (Å²) in [7, 11) is -4.52. The van der Waals surface area contributed by atoms with Crippen molar-refractivity contribution in [3.63, 3.8) is 0 Å². The predicted octanol–water partition coefficient (Wildman–Crippen LogP) is 3.65. The van der Waals surface area contributed by atoms with E-state index in [1.165, 1.54) is 6.07 Å². The van der Waals surface area contributed by atoms with Crippen LogP contribution in [0.4, 0.5) is 5.69 Å². The second-order valence-corrected chi connectivity index (χ2v) is 6.96. The lowest BCUT2D eigenvalue weighted by molar-refractivity contribution is -0.386. The van der Waals surface area contributed by atoms with E-state index in [9.17, 15) is 23.1 Å². The van der Waals surface area contributed by atoms with E-state index < -0.39 is 15.0 Å². The average molecular weight is 315 g/mol. The highest BCUT2D eigenvalue weighted by Gasteiger charge is 2.32. The van der Waals surface area contributed by atoms with Gasteiger partial charge in [-0.1, -0.05) is 34.6 Å². The van der Waals surface area contributed by atoms with Gasteiger partial charge in [-0.15, -0.1) is 0 Å². The molecule has 0 amide bonds. The van der Waals surface area contributed by atoms with Crippen molar-refractivity contribution in [1.82, 2.24) is 0 Å². The zero-order valence-electron chi connectivity index (χ0n) is 12.9. The number of nitro benzene ring substituents is 1. The van der Waals surface area contributed by atoms with Crippen molar-refractivity contribution < 1.29 is 17.9 Å². The first kappa shape index (κ1) is 17.6. The zero-order chi connectivity index (χ0) is 16.5. The lowest BCUT2D eigenvalue weighted by Crippen LogP contribution is -2.13. The van der Waals surface area contributed by atoms with Crippen LogP contribution in [0.3, 0.4) is 0 Å². The van der Waals surface area contributed by atoms with E-state index in [-0.39, 0.29) is 34.4 Å². The molecule has 21 heavy (non-hydrogen) atoms. The third-order valence-electron chi connectivity index (χ3n) is 3.44. The maximum atomic E-state index is 11.7. The lowest BCUT2D eigenvalue weighted by Gasteiger charge is -2.19. The Kier molecular flexibility index (Phi) is 5.11. The van der Waals surface area contributed by atoms with Crippen LogP contribution in [0.5, 0.6) is 0 Å². The Balaban J connectivity index is 4.04. The fourth-order valence-corrected chi connectivity index (χ4v) is 3.62. The van der Waals surface area contributed by atoms with Crippen molar-refractivity contribution in [2.24, 2.45) is 0 Å². The normalized spacial score (nSPS) is 12.2. The number of nitrogens with zero attached hydrogens (tertiary/aromatic N) is 1. The monoisotopic (exact) mass is 315 g/mol. The van der Waals surface area contributed by atoms with E-state index in [0.717, 1.165) is 0 Å². The fraction of sp³-hybridized carbons (Fsp3) is 0.571. The number of benzene rings is 1. The summed E-state index contributed by atoms with van der Waals surface area (Å²) in [5.41, 5.74) is 0.790. The number of hydrogen-bond donors (Lipinski definition) is 1. The van der Waals surface area contributed by atoms with Crippen LogP contribution < -0.4 is 0 Å². The molecule has 118 valence electrons. The minimum absolute atomic E-state index is 0.0809. The number of rotatable bonds is 5. The molecule has 6 nitrogen and oxygen atoms in total. The molecule has 1 aromatic rings. The molecule has 7 heteroatoms.